The Balaban J connectivity index is 1.81. The molecule has 2 fully saturated rings. The average molecular weight is 240 g/mol. The van der Waals surface area contributed by atoms with E-state index in [1.54, 1.807) is 4.90 Å². The van der Waals surface area contributed by atoms with Crippen LogP contribution in [0, 0.1) is 0 Å². The predicted molar refractivity (Wildman–Crippen MR) is 62.7 cm³/mol. The third kappa shape index (κ3) is 2.76. The third-order valence-electron chi connectivity index (χ3n) is 3.77. The molecule has 2 amide bonds. The Hall–Kier alpha value is -1.14. The lowest BCUT2D eigenvalue weighted by Gasteiger charge is -2.37. The van der Waals surface area contributed by atoms with Gasteiger partial charge >= 0.3 is 11.8 Å². The van der Waals surface area contributed by atoms with Crippen LogP contribution in [0.3, 0.4) is 0 Å². The van der Waals surface area contributed by atoms with Gasteiger partial charge in [-0.15, -0.1) is 0 Å². The van der Waals surface area contributed by atoms with Crippen LogP contribution in [0.5, 0.6) is 0 Å². The van der Waals surface area contributed by atoms with Crippen LogP contribution in [0.4, 0.5) is 0 Å². The van der Waals surface area contributed by atoms with Gasteiger partial charge in [-0.3, -0.25) is 19.9 Å². The van der Waals surface area contributed by atoms with Crippen LogP contribution in [-0.4, -0.2) is 53.8 Å². The maximum absolute atomic E-state index is 11.6. The van der Waals surface area contributed by atoms with Crippen LogP contribution >= 0.6 is 0 Å². The highest BCUT2D eigenvalue weighted by Gasteiger charge is 2.29. The molecule has 0 aromatic heterocycles. The van der Waals surface area contributed by atoms with Crippen molar-refractivity contribution in [3.63, 3.8) is 0 Å². The molecule has 1 heterocycles. The Kier molecular flexibility index (Phi) is 3.96. The van der Waals surface area contributed by atoms with Gasteiger partial charge in [0, 0.05) is 32.2 Å². The summed E-state index contributed by atoms with van der Waals surface area (Å²) in [6, 6.07) is 0.690. The molecule has 1 aliphatic heterocycles. The van der Waals surface area contributed by atoms with Gasteiger partial charge in [-0.25, -0.2) is 5.84 Å². The zero-order valence-corrected chi connectivity index (χ0v) is 10.0. The summed E-state index contributed by atoms with van der Waals surface area (Å²) in [6.07, 6.45) is 5.19. The lowest BCUT2D eigenvalue weighted by Crippen LogP contribution is -2.55. The van der Waals surface area contributed by atoms with E-state index in [4.69, 9.17) is 5.84 Å². The number of hydrazine groups is 1. The largest absolute Gasteiger partial charge is 0.332 e. The van der Waals surface area contributed by atoms with Gasteiger partial charge < -0.3 is 4.90 Å². The summed E-state index contributed by atoms with van der Waals surface area (Å²) >= 11 is 0. The first kappa shape index (κ1) is 12.3. The maximum Gasteiger partial charge on any atom is 0.323 e. The smallest absolute Gasteiger partial charge is 0.323 e. The predicted octanol–water partition coefficient (Wildman–Crippen LogP) is -0.937. The summed E-state index contributed by atoms with van der Waals surface area (Å²) in [5.74, 6) is 3.71. The molecular formula is C11H20N4O2. The van der Waals surface area contributed by atoms with E-state index in [2.05, 4.69) is 4.90 Å². The minimum Gasteiger partial charge on any atom is -0.332 e. The lowest BCUT2D eigenvalue weighted by molar-refractivity contribution is -0.147. The summed E-state index contributed by atoms with van der Waals surface area (Å²) in [5.41, 5.74) is 1.88. The van der Waals surface area contributed by atoms with Crippen molar-refractivity contribution < 1.29 is 9.59 Å². The van der Waals surface area contributed by atoms with E-state index in [1.807, 2.05) is 5.43 Å². The number of hydrogen-bond donors (Lipinski definition) is 2. The van der Waals surface area contributed by atoms with Crippen molar-refractivity contribution in [1.82, 2.24) is 15.2 Å². The fourth-order valence-corrected chi connectivity index (χ4v) is 2.76. The molecule has 0 spiro atoms. The third-order valence-corrected chi connectivity index (χ3v) is 3.77. The summed E-state index contributed by atoms with van der Waals surface area (Å²) < 4.78 is 0. The molecule has 1 aliphatic carbocycles. The van der Waals surface area contributed by atoms with Gasteiger partial charge in [0.2, 0.25) is 0 Å². The minimum atomic E-state index is -0.723. The number of rotatable bonds is 1. The number of amides is 2. The van der Waals surface area contributed by atoms with Crippen LogP contribution in [0.25, 0.3) is 0 Å². The Morgan fingerprint density at radius 3 is 2.18 bits per heavy atom. The molecule has 2 rings (SSSR count). The van der Waals surface area contributed by atoms with Crippen LogP contribution < -0.4 is 11.3 Å². The van der Waals surface area contributed by atoms with Gasteiger partial charge in [-0.2, -0.15) is 0 Å². The summed E-state index contributed by atoms with van der Waals surface area (Å²) in [7, 11) is 0. The Bertz CT molecular complexity index is 294. The van der Waals surface area contributed by atoms with Crippen LogP contribution in [0.15, 0.2) is 0 Å². The Morgan fingerprint density at radius 1 is 1.06 bits per heavy atom. The normalized spacial score (nSPS) is 22.8. The van der Waals surface area contributed by atoms with Crippen molar-refractivity contribution in [1.29, 1.82) is 0 Å². The summed E-state index contributed by atoms with van der Waals surface area (Å²) in [4.78, 5) is 26.7. The van der Waals surface area contributed by atoms with Gasteiger partial charge in [0.15, 0.2) is 0 Å². The van der Waals surface area contributed by atoms with Crippen LogP contribution in [0.2, 0.25) is 0 Å². The van der Waals surface area contributed by atoms with Gasteiger partial charge in [0.1, 0.15) is 0 Å². The van der Waals surface area contributed by atoms with Crippen molar-refractivity contribution in [2.45, 2.75) is 31.7 Å². The highest BCUT2D eigenvalue weighted by atomic mass is 16.2. The average Bonchev–Trinajstić information content (AvgIpc) is 2.91. The van der Waals surface area contributed by atoms with Gasteiger partial charge in [-0.1, -0.05) is 12.8 Å². The highest BCUT2D eigenvalue weighted by Crippen LogP contribution is 2.24. The van der Waals surface area contributed by atoms with Gasteiger partial charge in [0.05, 0.1) is 0 Å². The topological polar surface area (TPSA) is 78.7 Å². The molecule has 0 aromatic carbocycles. The molecule has 1 saturated carbocycles. The van der Waals surface area contributed by atoms with E-state index in [9.17, 15) is 9.59 Å². The van der Waals surface area contributed by atoms with Crippen molar-refractivity contribution in [3.05, 3.63) is 0 Å². The molecule has 0 unspecified atom stereocenters. The molecule has 0 aromatic rings. The van der Waals surface area contributed by atoms with E-state index < -0.39 is 11.8 Å². The fraction of sp³-hybridized carbons (Fsp3) is 0.818. The molecule has 6 heteroatoms. The van der Waals surface area contributed by atoms with E-state index >= 15 is 0 Å². The van der Waals surface area contributed by atoms with Crippen molar-refractivity contribution in [3.8, 4) is 0 Å². The minimum absolute atomic E-state index is 0.515. The fourth-order valence-electron chi connectivity index (χ4n) is 2.76. The zero-order valence-electron chi connectivity index (χ0n) is 10.0. The summed E-state index contributed by atoms with van der Waals surface area (Å²) in [5, 5.41) is 0. The number of nitrogens with one attached hydrogen (secondary N) is 1. The molecule has 0 atom stereocenters. The quantitative estimate of drug-likeness (QED) is 0.268. The highest BCUT2D eigenvalue weighted by molar-refractivity contribution is 6.34. The van der Waals surface area contributed by atoms with Crippen LogP contribution in [-0.2, 0) is 9.59 Å². The number of piperazine rings is 1. The molecule has 96 valence electrons. The Morgan fingerprint density at radius 2 is 1.65 bits per heavy atom. The molecule has 3 N–H and O–H groups in total. The second-order valence-electron chi connectivity index (χ2n) is 4.74. The molecule has 6 nitrogen and oxygen atoms in total. The van der Waals surface area contributed by atoms with Gasteiger partial charge in [-0.05, 0) is 12.8 Å². The van der Waals surface area contributed by atoms with E-state index in [0.29, 0.717) is 19.1 Å². The molecule has 2 aliphatic rings. The zero-order chi connectivity index (χ0) is 12.3. The van der Waals surface area contributed by atoms with Crippen LogP contribution in [0.1, 0.15) is 25.7 Å². The molecule has 0 bridgehead atoms. The summed E-state index contributed by atoms with van der Waals surface area (Å²) in [6.45, 7) is 2.99. The second-order valence-corrected chi connectivity index (χ2v) is 4.74. The molecule has 1 saturated heterocycles. The number of carbonyl (C=O) groups excluding carboxylic acids is 2. The molecule has 17 heavy (non-hydrogen) atoms. The molecule has 0 radical (unpaired) electrons. The number of carbonyl (C=O) groups is 2. The van der Waals surface area contributed by atoms with E-state index in [1.165, 1.54) is 25.7 Å². The standard InChI is InChI=1S/C11H20N4O2/c12-13-10(16)11(17)15-7-5-14(6-8-15)9-3-1-2-4-9/h9H,1-8,12H2,(H,13,16). The van der Waals surface area contributed by atoms with Crippen molar-refractivity contribution in [2.75, 3.05) is 26.2 Å². The number of nitrogens with two attached hydrogens (primary N) is 1. The van der Waals surface area contributed by atoms with Gasteiger partial charge in [0.25, 0.3) is 0 Å². The number of nitrogens with zero attached hydrogens (tertiary/aromatic N) is 2. The van der Waals surface area contributed by atoms with E-state index in [-0.39, 0.29) is 0 Å². The SMILES string of the molecule is NNC(=O)C(=O)N1CCN(C2CCCC2)CC1. The molecular weight excluding hydrogens is 220 g/mol. The lowest BCUT2D eigenvalue weighted by atomic mass is 10.2. The van der Waals surface area contributed by atoms with Crippen molar-refractivity contribution in [2.24, 2.45) is 5.84 Å². The monoisotopic (exact) mass is 240 g/mol. The number of hydrogen-bond acceptors (Lipinski definition) is 4. The Labute approximate surface area is 101 Å². The van der Waals surface area contributed by atoms with E-state index in [0.717, 1.165) is 13.1 Å². The van der Waals surface area contributed by atoms with Crippen molar-refractivity contribution >= 4 is 11.8 Å². The second kappa shape index (κ2) is 5.46. The first-order valence-electron chi connectivity index (χ1n) is 6.26. The first-order valence-corrected chi connectivity index (χ1v) is 6.26. The first-order chi connectivity index (χ1) is 8.22. The maximum atomic E-state index is 11.6.